The number of amides is 1. The lowest BCUT2D eigenvalue weighted by molar-refractivity contribution is -0.117. The molecule has 0 spiro atoms. The van der Waals surface area contributed by atoms with Crippen LogP contribution < -0.4 is 10.9 Å². The minimum absolute atomic E-state index is 0.190. The van der Waals surface area contributed by atoms with Gasteiger partial charge in [0, 0.05) is 6.54 Å². The van der Waals surface area contributed by atoms with Gasteiger partial charge in [-0.3, -0.25) is 9.93 Å². The van der Waals surface area contributed by atoms with E-state index in [9.17, 15) is 13.6 Å². The third kappa shape index (κ3) is 8.12. The minimum atomic E-state index is -0.372. The van der Waals surface area contributed by atoms with E-state index in [0.29, 0.717) is 11.3 Å². The van der Waals surface area contributed by atoms with E-state index in [0.717, 1.165) is 40.7 Å². The fourth-order valence-corrected chi connectivity index (χ4v) is 3.36. The number of halogens is 2. The second kappa shape index (κ2) is 11.9. The van der Waals surface area contributed by atoms with Gasteiger partial charge in [0.05, 0.1) is 11.3 Å². The van der Waals surface area contributed by atoms with Crippen LogP contribution >= 0.6 is 11.9 Å². The van der Waals surface area contributed by atoms with Gasteiger partial charge in [-0.05, 0) is 84.9 Å². The Labute approximate surface area is 176 Å². The van der Waals surface area contributed by atoms with Crippen molar-refractivity contribution in [2.75, 3.05) is 14.1 Å². The molecule has 29 heavy (non-hydrogen) atoms. The van der Waals surface area contributed by atoms with Gasteiger partial charge >= 0.3 is 0 Å². The lowest BCUT2D eigenvalue weighted by atomic mass is 9.90. The minimum Gasteiger partial charge on any atom is -0.369 e. The fourth-order valence-electron chi connectivity index (χ4n) is 3.04. The van der Waals surface area contributed by atoms with Crippen molar-refractivity contribution in [2.24, 2.45) is 10.9 Å². The number of carbonyl (C=O) groups excluding carboxylic acids is 1. The molecule has 0 aliphatic rings. The molecule has 0 saturated heterocycles. The number of primary amides is 1. The summed E-state index contributed by atoms with van der Waals surface area (Å²) in [5, 5.41) is 5.27. The predicted octanol–water partition coefficient (Wildman–Crippen LogP) is 4.39. The Morgan fingerprint density at radius 2 is 1.83 bits per heavy atom. The molecule has 0 unspecified atom stereocenters. The monoisotopic (exact) mass is 423 g/mol. The number of aryl methyl sites for hydroxylation is 1. The second-order valence-electron chi connectivity index (χ2n) is 7.40. The summed E-state index contributed by atoms with van der Waals surface area (Å²) in [7, 11) is 3.90. The summed E-state index contributed by atoms with van der Waals surface area (Å²) in [5.74, 6) is -0.667. The van der Waals surface area contributed by atoms with Crippen molar-refractivity contribution in [3.05, 3.63) is 64.2 Å². The Bertz CT molecular complexity index is 826. The van der Waals surface area contributed by atoms with Crippen LogP contribution in [0.15, 0.2) is 35.2 Å². The highest BCUT2D eigenvalue weighted by molar-refractivity contribution is 7.97. The molecule has 1 amide bonds. The van der Waals surface area contributed by atoms with Crippen LogP contribution in [0.3, 0.4) is 0 Å². The zero-order valence-corrected chi connectivity index (χ0v) is 18.6. The maximum absolute atomic E-state index is 13.4. The van der Waals surface area contributed by atoms with Crippen molar-refractivity contribution in [3.63, 3.8) is 0 Å². The van der Waals surface area contributed by atoms with Gasteiger partial charge in [0.15, 0.2) is 0 Å². The third-order valence-corrected chi connectivity index (χ3v) is 4.90. The number of carbonyl (C=O) groups is 1. The first kappa shape index (κ1) is 25.1. The molecular formula is C22H31F2N3OS. The first-order valence-corrected chi connectivity index (χ1v) is 10.4. The lowest BCUT2D eigenvalue weighted by Gasteiger charge is -2.16. The standard InChI is InChI=1S/C13H18FNO.C9H13FN2S/c1-4-9-5-10(14)6-11(8(2)3)12(9)7-13(15)16;1-12(2)6-7-3-4-9(13-11)8(10)5-7/h5-6,8H,4,7H2,1-3H3,(H2,15,16);3-5H,6,11H2,1-2H3. The topological polar surface area (TPSA) is 72.4 Å². The molecule has 4 N–H and O–H groups in total. The molecule has 2 aromatic rings. The highest BCUT2D eigenvalue weighted by Gasteiger charge is 2.14. The van der Waals surface area contributed by atoms with Crippen molar-refractivity contribution in [1.29, 1.82) is 0 Å². The van der Waals surface area contributed by atoms with Crippen LogP contribution in [0.4, 0.5) is 8.78 Å². The summed E-state index contributed by atoms with van der Waals surface area (Å²) < 4.78 is 26.6. The van der Waals surface area contributed by atoms with E-state index >= 15 is 0 Å². The van der Waals surface area contributed by atoms with Gasteiger partial charge in [0.25, 0.3) is 0 Å². The first-order chi connectivity index (χ1) is 13.6. The molecule has 0 atom stereocenters. The Morgan fingerprint density at radius 1 is 1.17 bits per heavy atom. The Balaban J connectivity index is 0.000000296. The molecule has 0 bridgehead atoms. The highest BCUT2D eigenvalue weighted by Crippen LogP contribution is 2.25. The molecule has 2 aromatic carbocycles. The van der Waals surface area contributed by atoms with Crippen molar-refractivity contribution < 1.29 is 13.6 Å². The van der Waals surface area contributed by atoms with Crippen LogP contribution in [0.25, 0.3) is 0 Å². The van der Waals surface area contributed by atoms with Gasteiger partial charge < -0.3 is 10.6 Å². The molecule has 0 saturated carbocycles. The SMILES string of the molecule is CCc1cc(F)cc(C(C)C)c1CC(N)=O.CN(C)Cc1ccc(SN)c(F)c1. The lowest BCUT2D eigenvalue weighted by Crippen LogP contribution is -2.17. The normalized spacial score (nSPS) is 10.8. The highest BCUT2D eigenvalue weighted by atomic mass is 32.2. The Kier molecular flexibility index (Phi) is 10.3. The van der Waals surface area contributed by atoms with Crippen LogP contribution in [0.5, 0.6) is 0 Å². The quantitative estimate of drug-likeness (QED) is 0.648. The van der Waals surface area contributed by atoms with Gasteiger partial charge in [-0.2, -0.15) is 0 Å². The summed E-state index contributed by atoms with van der Waals surface area (Å²) in [6.45, 7) is 6.66. The third-order valence-electron chi connectivity index (χ3n) is 4.32. The van der Waals surface area contributed by atoms with Gasteiger partial charge in [0.2, 0.25) is 5.91 Å². The average molecular weight is 424 g/mol. The molecule has 4 nitrogen and oxygen atoms in total. The molecule has 160 valence electrons. The van der Waals surface area contributed by atoms with E-state index < -0.39 is 0 Å². The maximum atomic E-state index is 13.4. The van der Waals surface area contributed by atoms with E-state index in [2.05, 4.69) is 0 Å². The molecule has 0 fully saturated rings. The largest absolute Gasteiger partial charge is 0.369 e. The summed E-state index contributed by atoms with van der Waals surface area (Å²) >= 11 is 0.934. The zero-order valence-electron chi connectivity index (χ0n) is 17.8. The van der Waals surface area contributed by atoms with Gasteiger partial charge in [-0.25, -0.2) is 8.78 Å². The van der Waals surface area contributed by atoms with Crippen molar-refractivity contribution in [1.82, 2.24) is 4.90 Å². The smallest absolute Gasteiger partial charge is 0.221 e. The first-order valence-electron chi connectivity index (χ1n) is 9.48. The molecule has 0 aliphatic carbocycles. The molecule has 0 aliphatic heterocycles. The number of hydrogen-bond acceptors (Lipinski definition) is 4. The van der Waals surface area contributed by atoms with Crippen LogP contribution in [-0.4, -0.2) is 24.9 Å². The molecule has 0 radical (unpaired) electrons. The van der Waals surface area contributed by atoms with Crippen LogP contribution in [0.1, 0.15) is 48.9 Å². The summed E-state index contributed by atoms with van der Waals surface area (Å²) in [6, 6.07) is 8.11. The Hall–Kier alpha value is -1.96. The number of nitrogens with zero attached hydrogens (tertiary/aromatic N) is 1. The molecule has 0 heterocycles. The van der Waals surface area contributed by atoms with Crippen molar-refractivity contribution in [3.8, 4) is 0 Å². The molecule has 0 aromatic heterocycles. The van der Waals surface area contributed by atoms with Gasteiger partial charge in [0.1, 0.15) is 11.6 Å². The van der Waals surface area contributed by atoms with E-state index in [-0.39, 0.29) is 29.9 Å². The van der Waals surface area contributed by atoms with Crippen molar-refractivity contribution >= 4 is 17.9 Å². The van der Waals surface area contributed by atoms with Crippen LogP contribution in [0, 0.1) is 11.6 Å². The molecular weight excluding hydrogens is 392 g/mol. The Morgan fingerprint density at radius 3 is 2.28 bits per heavy atom. The van der Waals surface area contributed by atoms with Crippen LogP contribution in [-0.2, 0) is 24.2 Å². The second-order valence-corrected chi connectivity index (χ2v) is 8.08. The number of rotatable bonds is 7. The number of nitrogens with two attached hydrogens (primary N) is 2. The predicted molar refractivity (Wildman–Crippen MR) is 117 cm³/mol. The fraction of sp³-hybridized carbons (Fsp3) is 0.409. The van der Waals surface area contributed by atoms with E-state index in [1.807, 2.05) is 45.8 Å². The average Bonchev–Trinajstić information content (AvgIpc) is 2.62. The molecule has 2 rings (SSSR count). The van der Waals surface area contributed by atoms with Gasteiger partial charge in [-0.15, -0.1) is 0 Å². The van der Waals surface area contributed by atoms with Crippen LogP contribution in [0.2, 0.25) is 0 Å². The summed E-state index contributed by atoms with van der Waals surface area (Å²) in [6.07, 6.45) is 0.900. The van der Waals surface area contributed by atoms with E-state index in [1.165, 1.54) is 18.2 Å². The summed E-state index contributed by atoms with van der Waals surface area (Å²) in [5.41, 5.74) is 8.84. The van der Waals surface area contributed by atoms with E-state index in [4.69, 9.17) is 10.9 Å². The number of hydrogen-bond donors (Lipinski definition) is 2. The zero-order chi connectivity index (χ0) is 22.1. The van der Waals surface area contributed by atoms with Gasteiger partial charge in [-0.1, -0.05) is 26.8 Å². The molecule has 7 heteroatoms. The number of benzene rings is 2. The van der Waals surface area contributed by atoms with E-state index in [1.54, 1.807) is 6.07 Å². The maximum Gasteiger partial charge on any atom is 0.221 e. The van der Waals surface area contributed by atoms with Crippen molar-refractivity contribution in [2.45, 2.75) is 51.0 Å². The summed E-state index contributed by atoms with van der Waals surface area (Å²) in [4.78, 5) is 13.5.